The number of hydrogen-bond donors (Lipinski definition) is 1. The number of hydrogen-bond acceptors (Lipinski definition) is 1. The van der Waals surface area contributed by atoms with Gasteiger partial charge >= 0.3 is 0 Å². The number of nitrogens with one attached hydrogen (secondary N) is 1. The average Bonchev–Trinajstić information content (AvgIpc) is 2.33. The first kappa shape index (κ1) is 11.8. The number of carbonyl (C=O) groups excluding carboxylic acids is 1. The van der Waals surface area contributed by atoms with Crippen LogP contribution in [0.5, 0.6) is 0 Å². The SMILES string of the molecule is O=C(Nc1ccccc1Br)c1ccc(F)cc1. The molecule has 0 bridgehead atoms. The fourth-order valence-electron chi connectivity index (χ4n) is 1.36. The second-order valence-electron chi connectivity index (χ2n) is 3.44. The summed E-state index contributed by atoms with van der Waals surface area (Å²) >= 11 is 3.33. The number of benzene rings is 2. The van der Waals surface area contributed by atoms with Gasteiger partial charge < -0.3 is 5.32 Å². The first-order chi connectivity index (χ1) is 8.16. The zero-order valence-corrected chi connectivity index (χ0v) is 10.4. The second kappa shape index (κ2) is 5.10. The van der Waals surface area contributed by atoms with Crippen molar-refractivity contribution in [1.82, 2.24) is 0 Å². The first-order valence-electron chi connectivity index (χ1n) is 4.98. The fourth-order valence-corrected chi connectivity index (χ4v) is 1.74. The summed E-state index contributed by atoms with van der Waals surface area (Å²) in [5.41, 5.74) is 1.10. The third kappa shape index (κ3) is 2.91. The lowest BCUT2D eigenvalue weighted by Crippen LogP contribution is -2.12. The number of para-hydroxylation sites is 1. The molecule has 2 rings (SSSR count). The summed E-state index contributed by atoms with van der Waals surface area (Å²) in [5.74, 6) is -0.626. The molecule has 0 aliphatic rings. The van der Waals surface area contributed by atoms with Crippen LogP contribution < -0.4 is 5.32 Å². The van der Waals surface area contributed by atoms with E-state index in [0.29, 0.717) is 11.3 Å². The predicted molar refractivity (Wildman–Crippen MR) is 68.5 cm³/mol. The number of amides is 1. The van der Waals surface area contributed by atoms with Crippen LogP contribution in [0.25, 0.3) is 0 Å². The summed E-state index contributed by atoms with van der Waals surface area (Å²) in [6.45, 7) is 0. The van der Waals surface area contributed by atoms with Gasteiger partial charge in [-0.05, 0) is 52.3 Å². The Kier molecular flexibility index (Phi) is 3.54. The summed E-state index contributed by atoms with van der Waals surface area (Å²) in [5, 5.41) is 2.74. The number of halogens is 2. The molecule has 0 fully saturated rings. The van der Waals surface area contributed by atoms with Crippen LogP contribution in [-0.2, 0) is 0 Å². The summed E-state index contributed by atoms with van der Waals surface area (Å²) < 4.78 is 13.5. The molecule has 2 nitrogen and oxygen atoms in total. The third-order valence-electron chi connectivity index (χ3n) is 2.23. The Hall–Kier alpha value is -1.68. The number of anilines is 1. The molecule has 0 spiro atoms. The number of carbonyl (C=O) groups is 1. The molecule has 2 aromatic rings. The van der Waals surface area contributed by atoms with Crippen LogP contribution in [0.15, 0.2) is 53.0 Å². The van der Waals surface area contributed by atoms with Gasteiger partial charge in [0.1, 0.15) is 5.82 Å². The molecule has 0 saturated carbocycles. The van der Waals surface area contributed by atoms with Crippen LogP contribution in [0.2, 0.25) is 0 Å². The maximum absolute atomic E-state index is 12.7. The van der Waals surface area contributed by atoms with E-state index < -0.39 is 0 Å². The van der Waals surface area contributed by atoms with Gasteiger partial charge in [-0.3, -0.25) is 4.79 Å². The summed E-state index contributed by atoms with van der Waals surface area (Å²) in [4.78, 5) is 11.8. The van der Waals surface area contributed by atoms with E-state index in [4.69, 9.17) is 0 Å². The fraction of sp³-hybridized carbons (Fsp3) is 0. The lowest BCUT2D eigenvalue weighted by atomic mass is 10.2. The highest BCUT2D eigenvalue weighted by molar-refractivity contribution is 9.10. The van der Waals surface area contributed by atoms with Crippen LogP contribution in [0.4, 0.5) is 10.1 Å². The minimum atomic E-state index is -0.359. The van der Waals surface area contributed by atoms with Crippen molar-refractivity contribution in [1.29, 1.82) is 0 Å². The van der Waals surface area contributed by atoms with E-state index in [9.17, 15) is 9.18 Å². The highest BCUT2D eigenvalue weighted by Crippen LogP contribution is 2.21. The average molecular weight is 294 g/mol. The van der Waals surface area contributed by atoms with Crippen molar-refractivity contribution in [3.05, 3.63) is 64.4 Å². The third-order valence-corrected chi connectivity index (χ3v) is 2.92. The molecule has 0 saturated heterocycles. The molecule has 2 aromatic carbocycles. The van der Waals surface area contributed by atoms with E-state index in [1.165, 1.54) is 24.3 Å². The standard InChI is InChI=1S/C13H9BrFNO/c14-11-3-1-2-4-12(11)16-13(17)9-5-7-10(15)8-6-9/h1-8H,(H,16,17). The van der Waals surface area contributed by atoms with Crippen LogP contribution in [0.3, 0.4) is 0 Å². The molecule has 0 aliphatic heterocycles. The molecule has 1 amide bonds. The van der Waals surface area contributed by atoms with Crippen LogP contribution in [0.1, 0.15) is 10.4 Å². The van der Waals surface area contributed by atoms with E-state index >= 15 is 0 Å². The highest BCUT2D eigenvalue weighted by Gasteiger charge is 2.07. The number of rotatable bonds is 2. The molecule has 0 atom stereocenters. The normalized spacial score (nSPS) is 10.0. The molecule has 0 aliphatic carbocycles. The van der Waals surface area contributed by atoms with Gasteiger partial charge in [-0.1, -0.05) is 12.1 Å². The smallest absolute Gasteiger partial charge is 0.255 e. The van der Waals surface area contributed by atoms with Gasteiger partial charge in [0.2, 0.25) is 0 Å². The van der Waals surface area contributed by atoms with Crippen molar-refractivity contribution in [2.45, 2.75) is 0 Å². The Labute approximate surface area is 107 Å². The Bertz CT molecular complexity index is 539. The van der Waals surface area contributed by atoms with Crippen LogP contribution >= 0.6 is 15.9 Å². The monoisotopic (exact) mass is 293 g/mol. The molecule has 0 aromatic heterocycles. The Morgan fingerprint density at radius 3 is 2.35 bits per heavy atom. The Morgan fingerprint density at radius 1 is 1.06 bits per heavy atom. The molecule has 4 heteroatoms. The van der Waals surface area contributed by atoms with Gasteiger partial charge in [-0.25, -0.2) is 4.39 Å². The maximum atomic E-state index is 12.7. The summed E-state index contributed by atoms with van der Waals surface area (Å²) in [6, 6.07) is 12.7. The molecule has 0 unspecified atom stereocenters. The van der Waals surface area contributed by atoms with E-state index in [1.54, 1.807) is 6.07 Å². The minimum absolute atomic E-state index is 0.267. The van der Waals surface area contributed by atoms with Gasteiger partial charge in [0.15, 0.2) is 0 Å². The highest BCUT2D eigenvalue weighted by atomic mass is 79.9. The van der Waals surface area contributed by atoms with Gasteiger partial charge in [-0.15, -0.1) is 0 Å². The van der Waals surface area contributed by atoms with E-state index in [-0.39, 0.29) is 11.7 Å². The molecular weight excluding hydrogens is 285 g/mol. The topological polar surface area (TPSA) is 29.1 Å². The van der Waals surface area contributed by atoms with Crippen molar-refractivity contribution in [3.63, 3.8) is 0 Å². The van der Waals surface area contributed by atoms with Crippen molar-refractivity contribution >= 4 is 27.5 Å². The zero-order chi connectivity index (χ0) is 12.3. The molecular formula is C13H9BrFNO. The van der Waals surface area contributed by atoms with Crippen molar-refractivity contribution in [2.24, 2.45) is 0 Å². The Morgan fingerprint density at radius 2 is 1.71 bits per heavy atom. The van der Waals surface area contributed by atoms with Crippen LogP contribution in [-0.4, -0.2) is 5.91 Å². The van der Waals surface area contributed by atoms with E-state index in [0.717, 1.165) is 4.47 Å². The lowest BCUT2D eigenvalue weighted by Gasteiger charge is -2.06. The zero-order valence-electron chi connectivity index (χ0n) is 8.78. The molecule has 86 valence electrons. The molecule has 1 N–H and O–H groups in total. The first-order valence-corrected chi connectivity index (χ1v) is 5.77. The quantitative estimate of drug-likeness (QED) is 0.895. The maximum Gasteiger partial charge on any atom is 0.255 e. The van der Waals surface area contributed by atoms with Gasteiger partial charge in [-0.2, -0.15) is 0 Å². The van der Waals surface area contributed by atoms with Gasteiger partial charge in [0.05, 0.1) is 5.69 Å². The molecule has 0 heterocycles. The minimum Gasteiger partial charge on any atom is -0.321 e. The predicted octanol–water partition coefficient (Wildman–Crippen LogP) is 3.84. The molecule has 17 heavy (non-hydrogen) atoms. The second-order valence-corrected chi connectivity index (χ2v) is 4.30. The summed E-state index contributed by atoms with van der Waals surface area (Å²) in [6.07, 6.45) is 0. The largest absolute Gasteiger partial charge is 0.321 e. The van der Waals surface area contributed by atoms with Gasteiger partial charge in [0.25, 0.3) is 5.91 Å². The molecule has 0 radical (unpaired) electrons. The van der Waals surface area contributed by atoms with Crippen molar-refractivity contribution in [3.8, 4) is 0 Å². The summed E-state index contributed by atoms with van der Waals surface area (Å²) in [7, 11) is 0. The lowest BCUT2D eigenvalue weighted by molar-refractivity contribution is 0.102. The van der Waals surface area contributed by atoms with Crippen LogP contribution in [0, 0.1) is 5.82 Å². The van der Waals surface area contributed by atoms with Gasteiger partial charge in [0, 0.05) is 10.0 Å². The van der Waals surface area contributed by atoms with E-state index in [2.05, 4.69) is 21.2 Å². The van der Waals surface area contributed by atoms with Crippen molar-refractivity contribution < 1.29 is 9.18 Å². The Balaban J connectivity index is 2.17. The van der Waals surface area contributed by atoms with Crippen molar-refractivity contribution in [2.75, 3.05) is 5.32 Å². The van der Waals surface area contributed by atoms with E-state index in [1.807, 2.05) is 18.2 Å².